The van der Waals surface area contributed by atoms with Gasteiger partial charge in [-0.05, 0) is 36.8 Å². The summed E-state index contributed by atoms with van der Waals surface area (Å²) in [7, 11) is 0. The molecule has 1 aromatic heterocycles. The van der Waals surface area contributed by atoms with Gasteiger partial charge in [0.15, 0.2) is 0 Å². The summed E-state index contributed by atoms with van der Waals surface area (Å²) in [6.45, 7) is 2.74. The van der Waals surface area contributed by atoms with Crippen LogP contribution in [-0.2, 0) is 11.3 Å². The van der Waals surface area contributed by atoms with Crippen molar-refractivity contribution in [2.45, 2.75) is 19.6 Å². The number of hydrogen-bond acceptors (Lipinski definition) is 3. The van der Waals surface area contributed by atoms with E-state index >= 15 is 0 Å². The molecule has 2 aromatic rings. The quantitative estimate of drug-likeness (QED) is 0.901. The summed E-state index contributed by atoms with van der Waals surface area (Å²) in [5, 5.41) is 0.703. The van der Waals surface area contributed by atoms with E-state index in [9.17, 15) is 0 Å². The minimum Gasteiger partial charge on any atom is -0.464 e. The largest absolute Gasteiger partial charge is 0.464 e. The van der Waals surface area contributed by atoms with Gasteiger partial charge in [0.1, 0.15) is 17.6 Å². The lowest BCUT2D eigenvalue weighted by molar-refractivity contribution is 0.0309. The normalized spacial score (nSPS) is 12.6. The molecule has 2 N–H and O–H groups in total. The van der Waals surface area contributed by atoms with Gasteiger partial charge in [-0.15, -0.1) is 0 Å². The number of benzene rings is 1. The Morgan fingerprint density at radius 2 is 2.17 bits per heavy atom. The Morgan fingerprint density at radius 1 is 1.33 bits per heavy atom. The smallest absolute Gasteiger partial charge is 0.134 e. The van der Waals surface area contributed by atoms with E-state index in [1.807, 2.05) is 43.3 Å². The molecule has 0 aliphatic rings. The topological polar surface area (TPSA) is 48.4 Å². The molecule has 4 heteroatoms. The first-order valence-electron chi connectivity index (χ1n) is 5.81. The second kappa shape index (κ2) is 6.05. The average Bonchev–Trinajstić information content (AvgIpc) is 2.77. The van der Waals surface area contributed by atoms with Crippen molar-refractivity contribution in [1.82, 2.24) is 0 Å². The lowest BCUT2D eigenvalue weighted by atomic mass is 10.2. The molecule has 96 valence electrons. The van der Waals surface area contributed by atoms with E-state index in [1.165, 1.54) is 0 Å². The van der Waals surface area contributed by atoms with E-state index in [1.54, 1.807) is 0 Å². The molecule has 0 radical (unpaired) electrons. The molecule has 1 aromatic carbocycles. The van der Waals surface area contributed by atoms with Gasteiger partial charge in [-0.1, -0.05) is 23.7 Å². The van der Waals surface area contributed by atoms with Gasteiger partial charge in [0.05, 0.1) is 6.61 Å². The predicted octanol–water partition coefficient (Wildman–Crippen LogP) is 3.46. The van der Waals surface area contributed by atoms with E-state index < -0.39 is 0 Å². The van der Waals surface area contributed by atoms with Crippen LogP contribution in [0.4, 0.5) is 0 Å². The lowest BCUT2D eigenvalue weighted by Crippen LogP contribution is -2.15. The van der Waals surface area contributed by atoms with Crippen molar-refractivity contribution in [1.29, 1.82) is 0 Å². The number of halogens is 1. The SMILES string of the molecule is Cc1ccc(C(CN)OCc2cccc(Cl)c2)o1. The minimum atomic E-state index is -0.224. The van der Waals surface area contributed by atoms with Gasteiger partial charge in [-0.25, -0.2) is 0 Å². The molecule has 0 aliphatic carbocycles. The Bertz CT molecular complexity index is 510. The lowest BCUT2D eigenvalue weighted by Gasteiger charge is -2.13. The zero-order valence-electron chi connectivity index (χ0n) is 10.2. The molecule has 1 heterocycles. The summed E-state index contributed by atoms with van der Waals surface area (Å²) in [5.74, 6) is 1.62. The van der Waals surface area contributed by atoms with Crippen molar-refractivity contribution in [2.24, 2.45) is 5.73 Å². The van der Waals surface area contributed by atoms with Gasteiger partial charge in [0, 0.05) is 11.6 Å². The van der Waals surface area contributed by atoms with E-state index in [2.05, 4.69) is 0 Å². The summed E-state index contributed by atoms with van der Waals surface area (Å²) in [6, 6.07) is 11.4. The first-order valence-corrected chi connectivity index (χ1v) is 6.19. The van der Waals surface area contributed by atoms with E-state index in [0.29, 0.717) is 18.2 Å². The van der Waals surface area contributed by atoms with Crippen molar-refractivity contribution in [3.63, 3.8) is 0 Å². The number of nitrogens with two attached hydrogens (primary N) is 1. The van der Waals surface area contributed by atoms with Crippen LogP contribution in [0.1, 0.15) is 23.2 Å². The molecule has 1 unspecified atom stereocenters. The minimum absolute atomic E-state index is 0.224. The fourth-order valence-corrected chi connectivity index (χ4v) is 1.93. The fraction of sp³-hybridized carbons (Fsp3) is 0.286. The zero-order valence-corrected chi connectivity index (χ0v) is 11.0. The van der Waals surface area contributed by atoms with Crippen LogP contribution in [0.5, 0.6) is 0 Å². The molecule has 18 heavy (non-hydrogen) atoms. The van der Waals surface area contributed by atoms with Crippen molar-refractivity contribution >= 4 is 11.6 Å². The summed E-state index contributed by atoms with van der Waals surface area (Å²) in [5.41, 5.74) is 6.71. The van der Waals surface area contributed by atoms with Crippen LogP contribution in [-0.4, -0.2) is 6.54 Å². The molecule has 0 spiro atoms. The maximum atomic E-state index is 5.92. The third kappa shape index (κ3) is 3.35. The van der Waals surface area contributed by atoms with Crippen LogP contribution < -0.4 is 5.73 Å². The third-order valence-electron chi connectivity index (χ3n) is 2.63. The van der Waals surface area contributed by atoms with Crippen molar-refractivity contribution in [2.75, 3.05) is 6.54 Å². The molecule has 2 rings (SSSR count). The summed E-state index contributed by atoms with van der Waals surface area (Å²) in [6.07, 6.45) is -0.224. The number of furan rings is 1. The molecule has 0 aliphatic heterocycles. The van der Waals surface area contributed by atoms with Crippen LogP contribution in [0.15, 0.2) is 40.8 Å². The highest BCUT2D eigenvalue weighted by Crippen LogP contribution is 2.21. The maximum absolute atomic E-state index is 5.92. The maximum Gasteiger partial charge on any atom is 0.134 e. The Hall–Kier alpha value is -1.29. The van der Waals surface area contributed by atoms with Crippen molar-refractivity contribution in [3.8, 4) is 0 Å². The summed E-state index contributed by atoms with van der Waals surface area (Å²) in [4.78, 5) is 0. The van der Waals surface area contributed by atoms with Gasteiger partial charge in [-0.3, -0.25) is 0 Å². The number of aryl methyl sites for hydroxylation is 1. The third-order valence-corrected chi connectivity index (χ3v) is 2.87. The summed E-state index contributed by atoms with van der Waals surface area (Å²) >= 11 is 5.92. The average molecular weight is 266 g/mol. The van der Waals surface area contributed by atoms with Gasteiger partial charge >= 0.3 is 0 Å². The molecule has 1 atom stereocenters. The van der Waals surface area contributed by atoms with Gasteiger partial charge in [0.2, 0.25) is 0 Å². The van der Waals surface area contributed by atoms with Gasteiger partial charge in [0.25, 0.3) is 0 Å². The zero-order chi connectivity index (χ0) is 13.0. The number of rotatable bonds is 5. The molecule has 3 nitrogen and oxygen atoms in total. The predicted molar refractivity (Wildman–Crippen MR) is 71.5 cm³/mol. The molecule has 0 amide bonds. The molecular weight excluding hydrogens is 250 g/mol. The van der Waals surface area contributed by atoms with Crippen LogP contribution in [0.2, 0.25) is 5.02 Å². The highest BCUT2D eigenvalue weighted by molar-refractivity contribution is 6.30. The van der Waals surface area contributed by atoms with E-state index in [0.717, 1.165) is 17.1 Å². The van der Waals surface area contributed by atoms with Gasteiger partial charge < -0.3 is 14.9 Å². The Morgan fingerprint density at radius 3 is 2.78 bits per heavy atom. The second-order valence-corrected chi connectivity index (χ2v) is 4.55. The standard InChI is InChI=1S/C14H16ClNO2/c1-10-5-6-13(18-10)14(8-16)17-9-11-3-2-4-12(15)7-11/h2-7,14H,8-9,16H2,1H3. The second-order valence-electron chi connectivity index (χ2n) is 4.11. The molecule has 0 saturated heterocycles. The molecule has 0 fully saturated rings. The fourth-order valence-electron chi connectivity index (χ4n) is 1.72. The number of ether oxygens (including phenoxy) is 1. The van der Waals surface area contributed by atoms with Crippen LogP contribution in [0.3, 0.4) is 0 Å². The monoisotopic (exact) mass is 265 g/mol. The molecule has 0 bridgehead atoms. The molecule has 0 saturated carbocycles. The summed E-state index contributed by atoms with van der Waals surface area (Å²) < 4.78 is 11.3. The van der Waals surface area contributed by atoms with E-state index in [4.69, 9.17) is 26.5 Å². The van der Waals surface area contributed by atoms with Crippen LogP contribution >= 0.6 is 11.6 Å². The first-order chi connectivity index (χ1) is 8.69. The van der Waals surface area contributed by atoms with E-state index in [-0.39, 0.29) is 6.10 Å². The highest BCUT2D eigenvalue weighted by Gasteiger charge is 2.14. The van der Waals surface area contributed by atoms with Gasteiger partial charge in [-0.2, -0.15) is 0 Å². The Balaban J connectivity index is 1.99. The van der Waals surface area contributed by atoms with Crippen molar-refractivity contribution < 1.29 is 9.15 Å². The van der Waals surface area contributed by atoms with Crippen molar-refractivity contribution in [3.05, 3.63) is 58.5 Å². The Labute approximate surface area is 111 Å². The highest BCUT2D eigenvalue weighted by atomic mass is 35.5. The number of hydrogen-bond donors (Lipinski definition) is 1. The van der Waals surface area contributed by atoms with Crippen LogP contribution in [0.25, 0.3) is 0 Å². The van der Waals surface area contributed by atoms with Crippen LogP contribution in [0, 0.1) is 6.92 Å². The first kappa shape index (κ1) is 13.1. The Kier molecular flexibility index (Phi) is 4.42. The molecular formula is C14H16ClNO2.